The molecule has 17 heavy (non-hydrogen) atoms. The van der Waals surface area contributed by atoms with E-state index < -0.39 is 5.82 Å². The van der Waals surface area contributed by atoms with Gasteiger partial charge >= 0.3 is 0 Å². The van der Waals surface area contributed by atoms with Crippen molar-refractivity contribution in [2.75, 3.05) is 5.32 Å². The van der Waals surface area contributed by atoms with Gasteiger partial charge in [-0.1, -0.05) is 11.6 Å². The van der Waals surface area contributed by atoms with Crippen LogP contribution in [0.5, 0.6) is 0 Å². The van der Waals surface area contributed by atoms with E-state index in [9.17, 15) is 4.39 Å². The number of rotatable bonds is 2. The van der Waals surface area contributed by atoms with Crippen LogP contribution in [0.2, 0.25) is 10.3 Å². The first-order chi connectivity index (χ1) is 8.06. The maximum absolute atomic E-state index is 13.5. The molecule has 1 heterocycles. The van der Waals surface area contributed by atoms with Gasteiger partial charge in [0.25, 0.3) is 0 Å². The standard InChI is InChI=1S/C11H8Cl2FN3/c1-6-5-15-11(13)17-10(6)16-9-3-2-7(12)4-8(9)14/h2-5H,1H3,(H,15,16,17). The van der Waals surface area contributed by atoms with Gasteiger partial charge in [-0.15, -0.1) is 0 Å². The third-order valence-corrected chi connectivity index (χ3v) is 2.54. The van der Waals surface area contributed by atoms with Crippen molar-refractivity contribution in [2.24, 2.45) is 0 Å². The first-order valence-corrected chi connectivity index (χ1v) is 5.53. The van der Waals surface area contributed by atoms with Crippen molar-refractivity contribution in [3.63, 3.8) is 0 Å². The van der Waals surface area contributed by atoms with Gasteiger partial charge in [0.15, 0.2) is 0 Å². The lowest BCUT2D eigenvalue weighted by atomic mass is 10.3. The zero-order valence-electron chi connectivity index (χ0n) is 8.84. The van der Waals surface area contributed by atoms with Crippen molar-refractivity contribution in [1.29, 1.82) is 0 Å². The first-order valence-electron chi connectivity index (χ1n) is 4.77. The van der Waals surface area contributed by atoms with Gasteiger partial charge in [0.1, 0.15) is 11.6 Å². The highest BCUT2D eigenvalue weighted by Gasteiger charge is 2.07. The maximum atomic E-state index is 13.5. The lowest BCUT2D eigenvalue weighted by molar-refractivity contribution is 0.632. The summed E-state index contributed by atoms with van der Waals surface area (Å²) in [4.78, 5) is 7.79. The lowest BCUT2D eigenvalue weighted by Crippen LogP contribution is -1.99. The van der Waals surface area contributed by atoms with E-state index in [0.717, 1.165) is 5.56 Å². The molecule has 0 saturated carbocycles. The highest BCUT2D eigenvalue weighted by atomic mass is 35.5. The smallest absolute Gasteiger partial charge is 0.224 e. The molecule has 0 aliphatic rings. The second-order valence-corrected chi connectivity index (χ2v) is 4.19. The van der Waals surface area contributed by atoms with Gasteiger partial charge < -0.3 is 5.32 Å². The van der Waals surface area contributed by atoms with Crippen molar-refractivity contribution < 1.29 is 4.39 Å². The summed E-state index contributed by atoms with van der Waals surface area (Å²) in [5.74, 6) is 0.0119. The minimum atomic E-state index is -0.452. The molecule has 1 aromatic carbocycles. The molecule has 0 aliphatic carbocycles. The van der Waals surface area contributed by atoms with Crippen molar-refractivity contribution in [2.45, 2.75) is 6.92 Å². The molecule has 2 rings (SSSR count). The van der Waals surface area contributed by atoms with Crippen LogP contribution in [0.25, 0.3) is 0 Å². The summed E-state index contributed by atoms with van der Waals surface area (Å²) < 4.78 is 13.5. The number of aromatic nitrogens is 2. The molecule has 2 aromatic rings. The Morgan fingerprint density at radius 3 is 2.76 bits per heavy atom. The minimum Gasteiger partial charge on any atom is -0.337 e. The summed E-state index contributed by atoms with van der Waals surface area (Å²) in [5.41, 5.74) is 1.05. The average molecular weight is 272 g/mol. The molecule has 6 heteroatoms. The predicted molar refractivity (Wildman–Crippen MR) is 66.5 cm³/mol. The maximum Gasteiger partial charge on any atom is 0.224 e. The summed E-state index contributed by atoms with van der Waals surface area (Å²) in [7, 11) is 0. The van der Waals surface area contributed by atoms with Gasteiger partial charge in [-0.25, -0.2) is 14.4 Å². The molecular weight excluding hydrogens is 264 g/mol. The van der Waals surface area contributed by atoms with E-state index in [2.05, 4.69) is 15.3 Å². The Hall–Kier alpha value is -1.39. The van der Waals surface area contributed by atoms with Crippen LogP contribution in [0.3, 0.4) is 0 Å². The van der Waals surface area contributed by atoms with E-state index in [1.165, 1.54) is 12.1 Å². The molecule has 0 atom stereocenters. The zero-order chi connectivity index (χ0) is 12.4. The molecule has 3 nitrogen and oxygen atoms in total. The number of hydrogen-bond donors (Lipinski definition) is 1. The quantitative estimate of drug-likeness (QED) is 0.840. The Morgan fingerprint density at radius 1 is 1.29 bits per heavy atom. The number of hydrogen-bond acceptors (Lipinski definition) is 3. The highest BCUT2D eigenvalue weighted by molar-refractivity contribution is 6.30. The number of nitrogens with zero attached hydrogens (tertiary/aromatic N) is 2. The summed E-state index contributed by atoms with van der Waals surface area (Å²) >= 11 is 11.3. The molecular formula is C11H8Cl2FN3. The van der Waals surface area contributed by atoms with E-state index in [4.69, 9.17) is 23.2 Å². The van der Waals surface area contributed by atoms with Gasteiger partial charge in [0.2, 0.25) is 5.28 Å². The van der Waals surface area contributed by atoms with E-state index in [-0.39, 0.29) is 11.0 Å². The Bertz CT molecular complexity index is 560. The molecule has 0 spiro atoms. The summed E-state index contributed by atoms with van der Waals surface area (Å²) in [6, 6.07) is 4.35. The van der Waals surface area contributed by atoms with Crippen LogP contribution in [0.1, 0.15) is 5.56 Å². The number of benzene rings is 1. The first kappa shape index (κ1) is 12.1. The van der Waals surface area contributed by atoms with Crippen LogP contribution in [-0.2, 0) is 0 Å². The molecule has 1 aromatic heterocycles. The molecule has 0 saturated heterocycles. The van der Waals surface area contributed by atoms with Gasteiger partial charge in [0, 0.05) is 16.8 Å². The minimum absolute atomic E-state index is 0.104. The van der Waals surface area contributed by atoms with Crippen LogP contribution in [-0.4, -0.2) is 9.97 Å². The molecule has 0 amide bonds. The van der Waals surface area contributed by atoms with Crippen LogP contribution in [0, 0.1) is 12.7 Å². The molecule has 0 unspecified atom stereocenters. The number of aryl methyl sites for hydroxylation is 1. The predicted octanol–water partition coefficient (Wildman–Crippen LogP) is 3.97. The van der Waals surface area contributed by atoms with Crippen molar-refractivity contribution in [3.05, 3.63) is 46.1 Å². The topological polar surface area (TPSA) is 37.8 Å². The highest BCUT2D eigenvalue weighted by Crippen LogP contribution is 2.23. The van der Waals surface area contributed by atoms with Crippen molar-refractivity contribution in [1.82, 2.24) is 9.97 Å². The van der Waals surface area contributed by atoms with Gasteiger partial charge in [-0.2, -0.15) is 0 Å². The third-order valence-electron chi connectivity index (χ3n) is 2.13. The fourth-order valence-corrected chi connectivity index (χ4v) is 1.56. The molecule has 0 bridgehead atoms. The molecule has 1 N–H and O–H groups in total. The summed E-state index contributed by atoms with van der Waals surface area (Å²) in [6.07, 6.45) is 1.56. The van der Waals surface area contributed by atoms with E-state index in [0.29, 0.717) is 10.8 Å². The van der Waals surface area contributed by atoms with Gasteiger partial charge in [0.05, 0.1) is 5.69 Å². The Kier molecular flexibility index (Phi) is 3.45. The van der Waals surface area contributed by atoms with Crippen LogP contribution < -0.4 is 5.32 Å². The van der Waals surface area contributed by atoms with Gasteiger partial charge in [-0.3, -0.25) is 0 Å². The van der Waals surface area contributed by atoms with E-state index in [1.807, 2.05) is 0 Å². The number of nitrogens with one attached hydrogen (secondary N) is 1. The second kappa shape index (κ2) is 4.85. The third kappa shape index (κ3) is 2.84. The fourth-order valence-electron chi connectivity index (χ4n) is 1.27. The molecule has 0 fully saturated rings. The molecule has 88 valence electrons. The monoisotopic (exact) mass is 271 g/mol. The van der Waals surface area contributed by atoms with Crippen molar-refractivity contribution in [3.8, 4) is 0 Å². The van der Waals surface area contributed by atoms with E-state index >= 15 is 0 Å². The van der Waals surface area contributed by atoms with Crippen molar-refractivity contribution >= 4 is 34.7 Å². The van der Waals surface area contributed by atoms with Crippen LogP contribution in [0.15, 0.2) is 24.4 Å². The second-order valence-electron chi connectivity index (χ2n) is 3.42. The van der Waals surface area contributed by atoms with Gasteiger partial charge in [-0.05, 0) is 36.7 Å². The summed E-state index contributed by atoms with van der Waals surface area (Å²) in [6.45, 7) is 1.80. The lowest BCUT2D eigenvalue weighted by Gasteiger charge is -2.09. The van der Waals surface area contributed by atoms with E-state index in [1.54, 1.807) is 19.2 Å². The zero-order valence-corrected chi connectivity index (χ0v) is 10.3. The number of anilines is 2. The average Bonchev–Trinajstić information content (AvgIpc) is 2.27. The summed E-state index contributed by atoms with van der Waals surface area (Å²) in [5, 5.41) is 3.28. The fraction of sp³-hybridized carbons (Fsp3) is 0.0909. The molecule has 0 radical (unpaired) electrons. The Balaban J connectivity index is 2.34. The largest absolute Gasteiger partial charge is 0.337 e. The van der Waals surface area contributed by atoms with Crippen LogP contribution >= 0.6 is 23.2 Å². The Labute approximate surface area is 108 Å². The molecule has 0 aliphatic heterocycles. The number of halogens is 3. The van der Waals surface area contributed by atoms with Crippen LogP contribution in [0.4, 0.5) is 15.9 Å². The Morgan fingerprint density at radius 2 is 2.06 bits per heavy atom. The SMILES string of the molecule is Cc1cnc(Cl)nc1Nc1ccc(Cl)cc1F. The normalized spacial score (nSPS) is 10.4.